The highest BCUT2D eigenvalue weighted by atomic mass is 19.1. The molecular weight excluding hydrogens is 239 g/mol. The number of benzene rings is 1. The molecule has 0 unspecified atom stereocenters. The van der Waals surface area contributed by atoms with E-state index in [2.05, 4.69) is 10.6 Å². The van der Waals surface area contributed by atoms with Gasteiger partial charge in [0.15, 0.2) is 18.2 Å². The lowest BCUT2D eigenvalue weighted by Crippen LogP contribution is -2.31. The normalized spacial score (nSPS) is 9.61. The van der Waals surface area contributed by atoms with Crippen LogP contribution in [0.25, 0.3) is 0 Å². The monoisotopic (exact) mass is 254 g/mol. The molecule has 1 aromatic carbocycles. The first-order chi connectivity index (χ1) is 8.74. The van der Waals surface area contributed by atoms with Gasteiger partial charge in [-0.15, -0.1) is 0 Å². The lowest BCUT2D eigenvalue weighted by molar-refractivity contribution is -0.123. The summed E-state index contributed by atoms with van der Waals surface area (Å²) >= 11 is 0. The van der Waals surface area contributed by atoms with Crippen molar-refractivity contribution < 1.29 is 18.7 Å². The van der Waals surface area contributed by atoms with Gasteiger partial charge in [0.1, 0.15) is 0 Å². The Kier molecular flexibility index (Phi) is 6.24. The molecule has 0 aliphatic heterocycles. The van der Waals surface area contributed by atoms with Crippen molar-refractivity contribution in [2.45, 2.75) is 6.42 Å². The molecule has 1 rings (SSSR count). The zero-order valence-corrected chi connectivity index (χ0v) is 9.82. The number of halogens is 1. The Morgan fingerprint density at radius 1 is 1.33 bits per heavy atom. The third-order valence-corrected chi connectivity index (χ3v) is 2.10. The minimum atomic E-state index is -0.500. The summed E-state index contributed by atoms with van der Waals surface area (Å²) in [6.45, 7) is 0.695. The summed E-state index contributed by atoms with van der Waals surface area (Å²) in [5.41, 5.74) is 0. The molecule has 0 aliphatic rings. The molecule has 5 nitrogen and oxygen atoms in total. The quantitative estimate of drug-likeness (QED) is 0.523. The molecule has 1 aromatic rings. The summed E-state index contributed by atoms with van der Waals surface area (Å²) < 4.78 is 18.2. The van der Waals surface area contributed by atoms with E-state index in [0.717, 1.165) is 0 Å². The molecule has 0 spiro atoms. The second kappa shape index (κ2) is 8.05. The first-order valence-electron chi connectivity index (χ1n) is 5.55. The lowest BCUT2D eigenvalue weighted by atomic mass is 10.3. The largest absolute Gasteiger partial charge is 0.481 e. The van der Waals surface area contributed by atoms with Crippen molar-refractivity contribution in [1.82, 2.24) is 10.6 Å². The number of carbonyl (C=O) groups excluding carboxylic acids is 2. The number of hydrogen-bond donors (Lipinski definition) is 2. The standard InChI is InChI=1S/C12H15FN2O3/c13-10-4-1-2-5-11(10)18-8-12(17)15-7-3-6-14-9-16/h1-2,4-5,9H,3,6-8H2,(H,14,16)(H,15,17). The molecule has 0 saturated carbocycles. The van der Waals surface area contributed by atoms with Gasteiger partial charge in [-0.25, -0.2) is 4.39 Å². The van der Waals surface area contributed by atoms with E-state index in [1.54, 1.807) is 12.1 Å². The zero-order valence-electron chi connectivity index (χ0n) is 9.82. The fourth-order valence-electron chi connectivity index (χ4n) is 1.23. The molecule has 0 aliphatic carbocycles. The number of carbonyl (C=O) groups is 2. The maximum absolute atomic E-state index is 13.1. The smallest absolute Gasteiger partial charge is 0.257 e. The highest BCUT2D eigenvalue weighted by Gasteiger charge is 2.05. The van der Waals surface area contributed by atoms with Gasteiger partial charge in [0.2, 0.25) is 6.41 Å². The van der Waals surface area contributed by atoms with E-state index >= 15 is 0 Å². The summed E-state index contributed by atoms with van der Waals surface area (Å²) in [4.78, 5) is 21.3. The molecule has 0 radical (unpaired) electrons. The minimum absolute atomic E-state index is 0.0512. The van der Waals surface area contributed by atoms with Gasteiger partial charge in [-0.1, -0.05) is 12.1 Å². The average molecular weight is 254 g/mol. The minimum Gasteiger partial charge on any atom is -0.481 e. The van der Waals surface area contributed by atoms with E-state index < -0.39 is 5.82 Å². The molecule has 2 N–H and O–H groups in total. The molecule has 0 heterocycles. The Morgan fingerprint density at radius 2 is 2.11 bits per heavy atom. The molecule has 0 fully saturated rings. The van der Waals surface area contributed by atoms with E-state index in [0.29, 0.717) is 25.9 Å². The number of ether oxygens (including phenoxy) is 1. The van der Waals surface area contributed by atoms with E-state index in [4.69, 9.17) is 4.74 Å². The third kappa shape index (κ3) is 5.29. The Labute approximate surface area is 104 Å². The average Bonchev–Trinajstić information content (AvgIpc) is 2.37. The highest BCUT2D eigenvalue weighted by molar-refractivity contribution is 5.77. The van der Waals surface area contributed by atoms with Crippen molar-refractivity contribution in [3.63, 3.8) is 0 Å². The van der Waals surface area contributed by atoms with Gasteiger partial charge < -0.3 is 15.4 Å². The van der Waals surface area contributed by atoms with Gasteiger partial charge >= 0.3 is 0 Å². The molecule has 0 atom stereocenters. The van der Waals surface area contributed by atoms with Crippen molar-refractivity contribution in [2.75, 3.05) is 19.7 Å². The van der Waals surface area contributed by atoms with Crippen LogP contribution in [0.2, 0.25) is 0 Å². The lowest BCUT2D eigenvalue weighted by Gasteiger charge is -2.07. The van der Waals surface area contributed by atoms with Crippen LogP contribution in [-0.4, -0.2) is 32.0 Å². The fourth-order valence-corrected chi connectivity index (χ4v) is 1.23. The number of amides is 2. The molecule has 6 heteroatoms. The molecular formula is C12H15FN2O3. The van der Waals surface area contributed by atoms with Gasteiger partial charge in [0.25, 0.3) is 5.91 Å². The van der Waals surface area contributed by atoms with Crippen molar-refractivity contribution in [1.29, 1.82) is 0 Å². The van der Waals surface area contributed by atoms with E-state index in [1.807, 2.05) is 0 Å². The van der Waals surface area contributed by atoms with Crippen LogP contribution in [-0.2, 0) is 9.59 Å². The Bertz CT molecular complexity index is 399. The second-order valence-electron chi connectivity index (χ2n) is 3.49. The van der Waals surface area contributed by atoms with Crippen LogP contribution in [0.1, 0.15) is 6.42 Å². The van der Waals surface area contributed by atoms with Crippen molar-refractivity contribution in [3.05, 3.63) is 30.1 Å². The fraction of sp³-hybridized carbons (Fsp3) is 0.333. The van der Waals surface area contributed by atoms with Crippen LogP contribution in [0.3, 0.4) is 0 Å². The van der Waals surface area contributed by atoms with E-state index in [9.17, 15) is 14.0 Å². The van der Waals surface area contributed by atoms with Crippen molar-refractivity contribution >= 4 is 12.3 Å². The van der Waals surface area contributed by atoms with Gasteiger partial charge in [-0.3, -0.25) is 9.59 Å². The van der Waals surface area contributed by atoms with Crippen LogP contribution < -0.4 is 15.4 Å². The Hall–Kier alpha value is -2.11. The maximum atomic E-state index is 13.1. The topological polar surface area (TPSA) is 67.4 Å². The second-order valence-corrected chi connectivity index (χ2v) is 3.49. The van der Waals surface area contributed by atoms with E-state index in [-0.39, 0.29) is 18.3 Å². The maximum Gasteiger partial charge on any atom is 0.257 e. The molecule has 0 saturated heterocycles. The first kappa shape index (κ1) is 14.0. The predicted molar refractivity (Wildman–Crippen MR) is 63.6 cm³/mol. The van der Waals surface area contributed by atoms with Gasteiger partial charge in [-0.2, -0.15) is 0 Å². The summed E-state index contributed by atoms with van der Waals surface area (Å²) in [7, 11) is 0. The number of nitrogens with one attached hydrogen (secondary N) is 2. The molecule has 0 aromatic heterocycles. The van der Waals surface area contributed by atoms with Gasteiger partial charge in [-0.05, 0) is 18.6 Å². The summed E-state index contributed by atoms with van der Waals surface area (Å²) in [5.74, 6) is -0.778. The Morgan fingerprint density at radius 3 is 2.83 bits per heavy atom. The zero-order chi connectivity index (χ0) is 13.2. The number of rotatable bonds is 8. The summed E-state index contributed by atoms with van der Waals surface area (Å²) in [6.07, 6.45) is 1.23. The van der Waals surface area contributed by atoms with Crippen LogP contribution >= 0.6 is 0 Å². The van der Waals surface area contributed by atoms with Gasteiger partial charge in [0, 0.05) is 13.1 Å². The molecule has 2 amide bonds. The van der Waals surface area contributed by atoms with Crippen LogP contribution in [0, 0.1) is 5.82 Å². The van der Waals surface area contributed by atoms with E-state index in [1.165, 1.54) is 12.1 Å². The number of para-hydroxylation sites is 1. The third-order valence-electron chi connectivity index (χ3n) is 2.10. The van der Waals surface area contributed by atoms with Crippen molar-refractivity contribution in [3.8, 4) is 5.75 Å². The Balaban J connectivity index is 2.17. The van der Waals surface area contributed by atoms with Crippen molar-refractivity contribution in [2.24, 2.45) is 0 Å². The number of hydrogen-bond acceptors (Lipinski definition) is 3. The van der Waals surface area contributed by atoms with Crippen LogP contribution in [0.5, 0.6) is 5.75 Å². The van der Waals surface area contributed by atoms with Crippen LogP contribution in [0.15, 0.2) is 24.3 Å². The first-order valence-corrected chi connectivity index (χ1v) is 5.55. The molecule has 18 heavy (non-hydrogen) atoms. The van der Waals surface area contributed by atoms with Crippen LogP contribution in [0.4, 0.5) is 4.39 Å². The summed E-state index contributed by atoms with van der Waals surface area (Å²) in [6, 6.07) is 5.89. The molecule has 0 bridgehead atoms. The SMILES string of the molecule is O=CNCCCNC(=O)COc1ccccc1F. The molecule has 98 valence electrons. The predicted octanol–water partition coefficient (Wildman–Crippen LogP) is 0.457. The highest BCUT2D eigenvalue weighted by Crippen LogP contribution is 2.14. The van der Waals surface area contributed by atoms with Gasteiger partial charge in [0.05, 0.1) is 0 Å². The summed E-state index contributed by atoms with van der Waals surface area (Å²) in [5, 5.41) is 5.06.